The second-order valence-corrected chi connectivity index (χ2v) is 5.52. The molecule has 0 spiro atoms. The summed E-state index contributed by atoms with van der Waals surface area (Å²) in [7, 11) is 0. The SMILES string of the molecule is N#CC(=O)c1oc(C(N)=O)c(N2CCNCC2)c1Nc1ccccc1. The van der Waals surface area contributed by atoms with Gasteiger partial charge in [0, 0.05) is 31.9 Å². The average molecular weight is 339 g/mol. The summed E-state index contributed by atoms with van der Waals surface area (Å²) < 4.78 is 5.41. The van der Waals surface area contributed by atoms with Gasteiger partial charge in [0.15, 0.2) is 0 Å². The second kappa shape index (κ2) is 7.07. The van der Waals surface area contributed by atoms with Crippen LogP contribution in [0.25, 0.3) is 0 Å². The number of nitrogens with two attached hydrogens (primary N) is 1. The van der Waals surface area contributed by atoms with Crippen molar-refractivity contribution in [1.82, 2.24) is 5.32 Å². The van der Waals surface area contributed by atoms with Crippen molar-refractivity contribution in [3.05, 3.63) is 41.9 Å². The number of piperazine rings is 1. The van der Waals surface area contributed by atoms with E-state index < -0.39 is 11.7 Å². The first-order chi connectivity index (χ1) is 12.1. The minimum absolute atomic E-state index is 0.126. The molecule has 25 heavy (non-hydrogen) atoms. The molecule has 1 fully saturated rings. The highest BCUT2D eigenvalue weighted by atomic mass is 16.4. The molecular formula is C17H17N5O3. The van der Waals surface area contributed by atoms with Crippen LogP contribution in [0.15, 0.2) is 34.7 Å². The van der Waals surface area contributed by atoms with Crippen molar-refractivity contribution in [3.63, 3.8) is 0 Å². The van der Waals surface area contributed by atoms with Gasteiger partial charge in [0.1, 0.15) is 17.4 Å². The van der Waals surface area contributed by atoms with Crippen LogP contribution in [-0.2, 0) is 0 Å². The van der Waals surface area contributed by atoms with Crippen molar-refractivity contribution in [2.24, 2.45) is 5.73 Å². The third-order valence-electron chi connectivity index (χ3n) is 3.89. The summed E-state index contributed by atoms with van der Waals surface area (Å²) in [5, 5.41) is 15.3. The van der Waals surface area contributed by atoms with Gasteiger partial charge in [0.2, 0.25) is 11.5 Å². The Morgan fingerprint density at radius 2 is 1.88 bits per heavy atom. The first kappa shape index (κ1) is 16.5. The normalized spacial score (nSPS) is 14.0. The van der Waals surface area contributed by atoms with Gasteiger partial charge >= 0.3 is 0 Å². The van der Waals surface area contributed by atoms with Crippen LogP contribution in [0, 0.1) is 11.3 Å². The fraction of sp³-hybridized carbons (Fsp3) is 0.235. The molecule has 1 aliphatic rings. The molecule has 1 aromatic heterocycles. The number of hydrogen-bond acceptors (Lipinski definition) is 7. The zero-order chi connectivity index (χ0) is 17.8. The number of nitriles is 1. The van der Waals surface area contributed by atoms with E-state index in [1.54, 1.807) is 12.1 Å². The molecule has 0 aliphatic carbocycles. The number of Topliss-reactive ketones (excluding diaryl/α,β-unsaturated/α-hetero) is 1. The largest absolute Gasteiger partial charge is 0.442 e. The number of carbonyl (C=O) groups excluding carboxylic acids is 2. The number of primary amides is 1. The third kappa shape index (κ3) is 3.32. The number of carbonyl (C=O) groups is 2. The van der Waals surface area contributed by atoms with Crippen molar-refractivity contribution in [2.45, 2.75) is 0 Å². The summed E-state index contributed by atoms with van der Waals surface area (Å²) in [5.74, 6) is -2.00. The lowest BCUT2D eigenvalue weighted by molar-refractivity contribution is 0.0966. The Morgan fingerprint density at radius 1 is 1.20 bits per heavy atom. The fourth-order valence-electron chi connectivity index (χ4n) is 2.77. The van der Waals surface area contributed by atoms with E-state index >= 15 is 0 Å². The lowest BCUT2D eigenvalue weighted by Gasteiger charge is -2.29. The minimum atomic E-state index is -0.873. The van der Waals surface area contributed by atoms with Gasteiger partial charge in [-0.2, -0.15) is 5.26 Å². The molecule has 128 valence electrons. The Labute approximate surface area is 144 Å². The van der Waals surface area contributed by atoms with E-state index in [1.807, 2.05) is 23.1 Å². The zero-order valence-corrected chi connectivity index (χ0v) is 13.4. The number of ketones is 1. The summed E-state index contributed by atoms with van der Waals surface area (Å²) in [6.07, 6.45) is 0. The molecule has 0 unspecified atom stereocenters. The maximum atomic E-state index is 12.0. The van der Waals surface area contributed by atoms with Crippen molar-refractivity contribution in [1.29, 1.82) is 5.26 Å². The molecule has 4 N–H and O–H groups in total. The van der Waals surface area contributed by atoms with Crippen molar-refractivity contribution in [3.8, 4) is 6.07 Å². The molecule has 3 rings (SSSR count). The van der Waals surface area contributed by atoms with Gasteiger partial charge in [-0.25, -0.2) is 0 Å². The van der Waals surface area contributed by atoms with E-state index in [2.05, 4.69) is 10.6 Å². The predicted molar refractivity (Wildman–Crippen MR) is 92.0 cm³/mol. The molecule has 0 saturated carbocycles. The monoisotopic (exact) mass is 339 g/mol. The average Bonchev–Trinajstić information content (AvgIpc) is 3.02. The van der Waals surface area contributed by atoms with E-state index in [9.17, 15) is 9.59 Å². The first-order valence-corrected chi connectivity index (χ1v) is 7.80. The van der Waals surface area contributed by atoms with Crippen molar-refractivity contribution >= 4 is 28.8 Å². The third-order valence-corrected chi connectivity index (χ3v) is 3.89. The molecule has 8 heteroatoms. The molecular weight excluding hydrogens is 322 g/mol. The van der Waals surface area contributed by atoms with E-state index in [1.165, 1.54) is 6.07 Å². The number of amides is 1. The smallest absolute Gasteiger partial charge is 0.299 e. The standard InChI is InChI=1S/C17H17N5O3/c18-10-12(23)15-13(21-11-4-2-1-3-5-11)14(16(25-15)17(19)24)22-8-6-20-7-9-22/h1-5,20-21H,6-9H2,(H2,19,24). The van der Waals surface area contributed by atoms with Gasteiger partial charge < -0.3 is 25.7 Å². The van der Waals surface area contributed by atoms with Gasteiger partial charge in [0.25, 0.3) is 11.7 Å². The summed E-state index contributed by atoms with van der Waals surface area (Å²) in [5.41, 5.74) is 6.84. The quantitative estimate of drug-likeness (QED) is 0.553. The van der Waals surface area contributed by atoms with Gasteiger partial charge in [-0.05, 0) is 12.1 Å². The van der Waals surface area contributed by atoms with Crippen molar-refractivity contribution < 1.29 is 14.0 Å². The van der Waals surface area contributed by atoms with Crippen LogP contribution in [0.1, 0.15) is 21.1 Å². The van der Waals surface area contributed by atoms with Crippen LogP contribution in [0.5, 0.6) is 0 Å². The highest BCUT2D eigenvalue weighted by Crippen LogP contribution is 2.38. The Balaban J connectivity index is 2.14. The second-order valence-electron chi connectivity index (χ2n) is 5.52. The summed E-state index contributed by atoms with van der Waals surface area (Å²) in [6, 6.07) is 10.7. The molecule has 2 aromatic rings. The molecule has 0 radical (unpaired) electrons. The van der Waals surface area contributed by atoms with E-state index in [0.29, 0.717) is 24.5 Å². The highest BCUT2D eigenvalue weighted by molar-refractivity contribution is 6.14. The van der Waals surface area contributed by atoms with Gasteiger partial charge in [-0.3, -0.25) is 9.59 Å². The summed E-state index contributed by atoms with van der Waals surface area (Å²) >= 11 is 0. The topological polar surface area (TPSA) is 124 Å². The van der Waals surface area contributed by atoms with Crippen LogP contribution in [0.3, 0.4) is 0 Å². The van der Waals surface area contributed by atoms with Crippen molar-refractivity contribution in [2.75, 3.05) is 36.4 Å². The van der Waals surface area contributed by atoms with E-state index in [4.69, 9.17) is 15.4 Å². The number of hydrogen-bond donors (Lipinski definition) is 3. The first-order valence-electron chi connectivity index (χ1n) is 7.80. The number of benzene rings is 1. The maximum absolute atomic E-state index is 12.0. The highest BCUT2D eigenvalue weighted by Gasteiger charge is 2.31. The molecule has 1 saturated heterocycles. The molecule has 1 aromatic carbocycles. The number of rotatable bonds is 5. The minimum Gasteiger partial charge on any atom is -0.442 e. The number of furan rings is 1. The number of nitrogens with zero attached hydrogens (tertiary/aromatic N) is 2. The fourth-order valence-corrected chi connectivity index (χ4v) is 2.77. The molecule has 1 aliphatic heterocycles. The summed E-state index contributed by atoms with van der Waals surface area (Å²) in [6.45, 7) is 2.66. The molecule has 2 heterocycles. The van der Waals surface area contributed by atoms with E-state index in [-0.39, 0.29) is 17.2 Å². The summed E-state index contributed by atoms with van der Waals surface area (Å²) in [4.78, 5) is 25.8. The molecule has 8 nitrogen and oxygen atoms in total. The van der Waals surface area contributed by atoms with Crippen LogP contribution in [0.2, 0.25) is 0 Å². The lowest BCUT2D eigenvalue weighted by Crippen LogP contribution is -2.44. The number of anilines is 3. The van der Waals surface area contributed by atoms with Crippen LogP contribution in [0.4, 0.5) is 17.1 Å². The molecule has 1 amide bonds. The van der Waals surface area contributed by atoms with Crippen LogP contribution < -0.4 is 21.3 Å². The Morgan fingerprint density at radius 3 is 2.48 bits per heavy atom. The predicted octanol–water partition coefficient (Wildman–Crippen LogP) is 1.24. The Bertz CT molecular complexity index is 832. The Hall–Kier alpha value is -3.31. The molecule has 0 bridgehead atoms. The van der Waals surface area contributed by atoms with Crippen LogP contribution in [-0.4, -0.2) is 37.9 Å². The van der Waals surface area contributed by atoms with Crippen LogP contribution >= 0.6 is 0 Å². The Kier molecular flexibility index (Phi) is 4.68. The van der Waals surface area contributed by atoms with Gasteiger partial charge in [-0.15, -0.1) is 0 Å². The lowest BCUT2D eigenvalue weighted by atomic mass is 10.2. The zero-order valence-electron chi connectivity index (χ0n) is 13.4. The van der Waals surface area contributed by atoms with Gasteiger partial charge in [0.05, 0.1) is 0 Å². The van der Waals surface area contributed by atoms with E-state index in [0.717, 1.165) is 13.1 Å². The number of nitrogens with one attached hydrogen (secondary N) is 2. The molecule has 0 atom stereocenters. The number of para-hydroxylation sites is 1. The van der Waals surface area contributed by atoms with Gasteiger partial charge in [-0.1, -0.05) is 18.2 Å². The maximum Gasteiger partial charge on any atom is 0.299 e.